The summed E-state index contributed by atoms with van der Waals surface area (Å²) in [6.07, 6.45) is 3.33. The summed E-state index contributed by atoms with van der Waals surface area (Å²) in [5.74, 6) is 0. The zero-order chi connectivity index (χ0) is 9.73. The molecule has 0 saturated carbocycles. The Morgan fingerprint density at radius 3 is 2.46 bits per heavy atom. The molecule has 1 heterocycles. The third-order valence-electron chi connectivity index (χ3n) is 3.12. The van der Waals surface area contributed by atoms with Crippen LogP contribution >= 0.6 is 0 Å². The van der Waals surface area contributed by atoms with Crippen molar-refractivity contribution in [3.05, 3.63) is 0 Å². The Labute approximate surface area is 80.9 Å². The maximum atomic E-state index is 9.17. The third kappa shape index (κ3) is 3.25. The molecule has 0 aromatic heterocycles. The Kier molecular flexibility index (Phi) is 4.16. The predicted octanol–water partition coefficient (Wildman–Crippen LogP) is 0.430. The summed E-state index contributed by atoms with van der Waals surface area (Å²) < 4.78 is 0. The number of hydrogen-bond donors (Lipinski definition) is 2. The summed E-state index contributed by atoms with van der Waals surface area (Å²) in [6.45, 7) is 6.66. The number of nitrogens with two attached hydrogens (primary N) is 1. The molecule has 78 valence electrons. The number of likely N-dealkylation sites (tertiary alicyclic amines) is 1. The van der Waals surface area contributed by atoms with Crippen molar-refractivity contribution in [3.8, 4) is 0 Å². The van der Waals surface area contributed by atoms with Crippen molar-refractivity contribution < 1.29 is 5.11 Å². The van der Waals surface area contributed by atoms with Gasteiger partial charge in [-0.05, 0) is 50.9 Å². The molecule has 1 fully saturated rings. The molecule has 0 aromatic carbocycles. The van der Waals surface area contributed by atoms with Crippen LogP contribution in [0.4, 0.5) is 0 Å². The molecule has 1 aliphatic rings. The summed E-state index contributed by atoms with van der Waals surface area (Å²) >= 11 is 0. The van der Waals surface area contributed by atoms with E-state index in [-0.39, 0.29) is 5.41 Å². The molecule has 13 heavy (non-hydrogen) atoms. The average Bonchev–Trinajstić information content (AvgIpc) is 2.17. The quantitative estimate of drug-likeness (QED) is 0.669. The Morgan fingerprint density at radius 1 is 1.38 bits per heavy atom. The lowest BCUT2D eigenvalue weighted by molar-refractivity contribution is 0.0586. The van der Waals surface area contributed by atoms with Gasteiger partial charge in [0, 0.05) is 6.61 Å². The highest BCUT2D eigenvalue weighted by Gasteiger charge is 2.28. The molecule has 0 bridgehead atoms. The summed E-state index contributed by atoms with van der Waals surface area (Å²) in [4.78, 5) is 2.45. The molecule has 0 aliphatic carbocycles. The molecule has 0 aromatic rings. The van der Waals surface area contributed by atoms with Crippen molar-refractivity contribution in [1.82, 2.24) is 4.90 Å². The largest absolute Gasteiger partial charge is 0.396 e. The minimum Gasteiger partial charge on any atom is -0.396 e. The van der Waals surface area contributed by atoms with Gasteiger partial charge in [0.25, 0.3) is 0 Å². The van der Waals surface area contributed by atoms with Gasteiger partial charge in [0.1, 0.15) is 0 Å². The van der Waals surface area contributed by atoms with Gasteiger partial charge in [-0.1, -0.05) is 6.92 Å². The topological polar surface area (TPSA) is 49.5 Å². The number of aliphatic hydroxyl groups excluding tert-OH is 1. The van der Waals surface area contributed by atoms with Gasteiger partial charge in [-0.15, -0.1) is 0 Å². The van der Waals surface area contributed by atoms with Crippen LogP contribution in [0.15, 0.2) is 0 Å². The van der Waals surface area contributed by atoms with Crippen LogP contribution in [-0.4, -0.2) is 42.8 Å². The first kappa shape index (κ1) is 11.0. The lowest BCUT2D eigenvalue weighted by Crippen LogP contribution is -2.41. The van der Waals surface area contributed by atoms with Crippen LogP contribution in [0.25, 0.3) is 0 Å². The van der Waals surface area contributed by atoms with Crippen molar-refractivity contribution in [2.75, 3.05) is 32.8 Å². The van der Waals surface area contributed by atoms with Crippen LogP contribution in [0.5, 0.6) is 0 Å². The Morgan fingerprint density at radius 2 is 2.00 bits per heavy atom. The zero-order valence-electron chi connectivity index (χ0n) is 8.63. The van der Waals surface area contributed by atoms with Crippen LogP contribution in [-0.2, 0) is 0 Å². The van der Waals surface area contributed by atoms with Crippen molar-refractivity contribution >= 4 is 0 Å². The smallest absolute Gasteiger partial charge is 0.0485 e. The van der Waals surface area contributed by atoms with E-state index in [1.165, 1.54) is 0 Å². The molecule has 0 radical (unpaired) electrons. The minimum atomic E-state index is 0.180. The molecule has 3 nitrogen and oxygen atoms in total. The van der Waals surface area contributed by atoms with E-state index in [1.54, 1.807) is 0 Å². The fraction of sp³-hybridized carbons (Fsp3) is 1.00. The molecule has 0 unspecified atom stereocenters. The van der Waals surface area contributed by atoms with E-state index in [2.05, 4.69) is 11.8 Å². The van der Waals surface area contributed by atoms with Gasteiger partial charge in [0.05, 0.1) is 0 Å². The van der Waals surface area contributed by atoms with Crippen molar-refractivity contribution in [2.24, 2.45) is 11.1 Å². The first-order chi connectivity index (χ1) is 6.20. The molecular formula is C10H22N2O. The summed E-state index contributed by atoms with van der Waals surface area (Å²) in [6, 6.07) is 0. The van der Waals surface area contributed by atoms with Crippen LogP contribution in [0.3, 0.4) is 0 Å². The van der Waals surface area contributed by atoms with Crippen LogP contribution < -0.4 is 5.73 Å². The van der Waals surface area contributed by atoms with Crippen molar-refractivity contribution in [2.45, 2.75) is 26.2 Å². The maximum Gasteiger partial charge on any atom is 0.0485 e. The van der Waals surface area contributed by atoms with E-state index in [4.69, 9.17) is 5.73 Å². The van der Waals surface area contributed by atoms with Crippen molar-refractivity contribution in [3.63, 3.8) is 0 Å². The van der Waals surface area contributed by atoms with Gasteiger partial charge in [-0.25, -0.2) is 0 Å². The first-order valence-corrected chi connectivity index (χ1v) is 5.23. The van der Waals surface area contributed by atoms with E-state index < -0.39 is 0 Å². The summed E-state index contributed by atoms with van der Waals surface area (Å²) in [5.41, 5.74) is 5.64. The molecule has 0 spiro atoms. The van der Waals surface area contributed by atoms with Gasteiger partial charge < -0.3 is 15.7 Å². The summed E-state index contributed by atoms with van der Waals surface area (Å²) in [5, 5.41) is 9.17. The minimum absolute atomic E-state index is 0.180. The number of hydrogen-bond acceptors (Lipinski definition) is 3. The van der Waals surface area contributed by atoms with Gasteiger partial charge in [-0.2, -0.15) is 0 Å². The Bertz CT molecular complexity index is 142. The highest BCUT2D eigenvalue weighted by Crippen LogP contribution is 2.29. The predicted molar refractivity (Wildman–Crippen MR) is 54.5 cm³/mol. The monoisotopic (exact) mass is 186 g/mol. The lowest BCUT2D eigenvalue weighted by Gasteiger charge is -2.38. The second-order valence-corrected chi connectivity index (χ2v) is 4.45. The normalized spacial score (nSPS) is 23.3. The number of piperidine rings is 1. The summed E-state index contributed by atoms with van der Waals surface area (Å²) in [7, 11) is 0. The first-order valence-electron chi connectivity index (χ1n) is 5.23. The molecular weight excluding hydrogens is 164 g/mol. The van der Waals surface area contributed by atoms with E-state index >= 15 is 0 Å². The maximum absolute atomic E-state index is 9.17. The van der Waals surface area contributed by atoms with E-state index in [0.717, 1.165) is 45.4 Å². The lowest BCUT2D eigenvalue weighted by atomic mass is 9.81. The van der Waals surface area contributed by atoms with E-state index in [9.17, 15) is 5.11 Å². The van der Waals surface area contributed by atoms with Gasteiger partial charge in [-0.3, -0.25) is 0 Å². The van der Waals surface area contributed by atoms with Crippen LogP contribution in [0.1, 0.15) is 26.2 Å². The molecule has 3 heteroatoms. The van der Waals surface area contributed by atoms with E-state index in [0.29, 0.717) is 6.61 Å². The standard InChI is InChI=1S/C10H22N2O/c1-10(9-13)3-7-12(8-4-10)6-2-5-11/h13H,2-9,11H2,1H3. The van der Waals surface area contributed by atoms with Gasteiger partial charge in [0.15, 0.2) is 0 Å². The molecule has 1 rings (SSSR count). The average molecular weight is 186 g/mol. The molecule has 1 aliphatic heterocycles. The molecule has 0 atom stereocenters. The number of nitrogens with zero attached hydrogens (tertiary/aromatic N) is 1. The van der Waals surface area contributed by atoms with Crippen molar-refractivity contribution in [1.29, 1.82) is 0 Å². The van der Waals surface area contributed by atoms with Crippen LogP contribution in [0.2, 0.25) is 0 Å². The van der Waals surface area contributed by atoms with E-state index in [1.807, 2.05) is 0 Å². The molecule has 1 saturated heterocycles. The van der Waals surface area contributed by atoms with Gasteiger partial charge in [0.2, 0.25) is 0 Å². The third-order valence-corrected chi connectivity index (χ3v) is 3.12. The van der Waals surface area contributed by atoms with Crippen LogP contribution in [0, 0.1) is 5.41 Å². The fourth-order valence-corrected chi connectivity index (χ4v) is 1.79. The van der Waals surface area contributed by atoms with Gasteiger partial charge >= 0.3 is 0 Å². The fourth-order valence-electron chi connectivity index (χ4n) is 1.79. The highest BCUT2D eigenvalue weighted by atomic mass is 16.3. The second kappa shape index (κ2) is 4.94. The Balaban J connectivity index is 2.22. The zero-order valence-corrected chi connectivity index (χ0v) is 8.63. The molecule has 3 N–H and O–H groups in total. The number of aliphatic hydroxyl groups is 1. The Hall–Kier alpha value is -0.120. The number of rotatable bonds is 4. The SMILES string of the molecule is CC1(CO)CCN(CCCN)CC1. The second-order valence-electron chi connectivity index (χ2n) is 4.45. The molecule has 0 amide bonds. The highest BCUT2D eigenvalue weighted by molar-refractivity contribution is 4.81.